The molecule has 0 radical (unpaired) electrons. The minimum atomic E-state index is -0.0570. The highest BCUT2D eigenvalue weighted by Crippen LogP contribution is 2.46. The molecular weight excluding hydrogens is 424 g/mol. The number of hydrogen-bond acceptors (Lipinski definition) is 3. The van der Waals surface area contributed by atoms with E-state index >= 15 is 0 Å². The van der Waals surface area contributed by atoms with Gasteiger partial charge in [-0.1, -0.05) is 37.6 Å². The molecule has 2 aromatic rings. The number of benzene rings is 1. The number of aromatic nitrogens is 1. The number of likely N-dealkylation sites (N-methyl/N-ethyl adjacent to an activating group) is 1. The lowest BCUT2D eigenvalue weighted by atomic mass is 9.86. The molecule has 0 amide bonds. The highest BCUT2D eigenvalue weighted by molar-refractivity contribution is 7.80. The third-order valence-corrected chi connectivity index (χ3v) is 7.09. The Kier molecular flexibility index (Phi) is 5.78. The molecule has 2 aliphatic rings. The van der Waals surface area contributed by atoms with Crippen LogP contribution in [0.2, 0.25) is 5.02 Å². The number of thiocarbonyl (C=S) groups is 1. The Morgan fingerprint density at radius 1 is 1.26 bits per heavy atom. The first-order valence-corrected chi connectivity index (χ1v) is 11.6. The molecule has 0 saturated carbocycles. The van der Waals surface area contributed by atoms with Crippen LogP contribution in [0, 0.1) is 5.92 Å². The van der Waals surface area contributed by atoms with Crippen molar-refractivity contribution in [2.75, 3.05) is 18.5 Å². The van der Waals surface area contributed by atoms with Gasteiger partial charge in [0.1, 0.15) is 0 Å². The molecule has 1 aromatic carbocycles. The van der Waals surface area contributed by atoms with E-state index in [0.29, 0.717) is 5.92 Å². The van der Waals surface area contributed by atoms with Crippen molar-refractivity contribution in [1.82, 2.24) is 15.2 Å². The number of halogens is 1. The van der Waals surface area contributed by atoms with Crippen LogP contribution >= 0.6 is 23.8 Å². The molecule has 4 rings (SSSR count). The van der Waals surface area contributed by atoms with E-state index in [1.165, 1.54) is 11.1 Å². The number of hydrogen-bond donors (Lipinski definition) is 1. The lowest BCUT2D eigenvalue weighted by Gasteiger charge is -2.41. The summed E-state index contributed by atoms with van der Waals surface area (Å²) in [4.78, 5) is 9.21. The molecule has 4 nitrogen and oxygen atoms in total. The van der Waals surface area contributed by atoms with Gasteiger partial charge in [0.05, 0.1) is 23.3 Å². The molecule has 0 bridgehead atoms. The molecule has 1 aromatic heterocycles. The summed E-state index contributed by atoms with van der Waals surface area (Å²) in [6, 6.07) is 10.3. The summed E-state index contributed by atoms with van der Waals surface area (Å²) in [6.07, 6.45) is 4.16. The van der Waals surface area contributed by atoms with Gasteiger partial charge in [0, 0.05) is 36.1 Å². The Bertz CT molecular complexity index is 1030. The fourth-order valence-corrected chi connectivity index (χ4v) is 5.33. The number of nitrogens with zero attached hydrogens (tertiary/aromatic N) is 3. The number of nitrogens with one attached hydrogen (secondary N) is 1. The normalized spacial score (nSPS) is 22.5. The first kappa shape index (κ1) is 22.1. The molecular formula is C25H31ClN4S. The number of fused-ring (bicyclic) bond motifs is 1. The van der Waals surface area contributed by atoms with Crippen LogP contribution in [0.25, 0.3) is 5.57 Å². The molecule has 1 N–H and O–H groups in total. The molecule has 31 heavy (non-hydrogen) atoms. The zero-order valence-corrected chi connectivity index (χ0v) is 20.7. The molecule has 1 saturated heterocycles. The van der Waals surface area contributed by atoms with E-state index in [2.05, 4.69) is 86.0 Å². The molecule has 2 atom stereocenters. The summed E-state index contributed by atoms with van der Waals surface area (Å²) in [5.41, 5.74) is 5.67. The first-order valence-electron chi connectivity index (χ1n) is 10.9. The van der Waals surface area contributed by atoms with Gasteiger partial charge in [-0.2, -0.15) is 0 Å². The fourth-order valence-electron chi connectivity index (χ4n) is 4.75. The van der Waals surface area contributed by atoms with Gasteiger partial charge in [0.15, 0.2) is 5.11 Å². The van der Waals surface area contributed by atoms with Gasteiger partial charge in [-0.05, 0) is 74.3 Å². The zero-order valence-electron chi connectivity index (χ0n) is 19.1. The summed E-state index contributed by atoms with van der Waals surface area (Å²) < 4.78 is 0. The van der Waals surface area contributed by atoms with Crippen molar-refractivity contribution in [3.05, 3.63) is 64.4 Å². The van der Waals surface area contributed by atoms with Crippen molar-refractivity contribution >= 4 is 40.2 Å². The molecule has 164 valence electrons. The highest BCUT2D eigenvalue weighted by atomic mass is 35.5. The van der Waals surface area contributed by atoms with Crippen LogP contribution in [0.4, 0.5) is 5.69 Å². The predicted molar refractivity (Wildman–Crippen MR) is 135 cm³/mol. The largest absolute Gasteiger partial charge is 0.365 e. The monoisotopic (exact) mass is 454 g/mol. The predicted octanol–water partition coefficient (Wildman–Crippen LogP) is 6.00. The maximum Gasteiger partial charge on any atom is 0.170 e. The van der Waals surface area contributed by atoms with Crippen molar-refractivity contribution in [3.63, 3.8) is 0 Å². The van der Waals surface area contributed by atoms with Crippen LogP contribution in [-0.4, -0.2) is 34.1 Å². The second-order valence-electron chi connectivity index (χ2n) is 9.60. The fraction of sp³-hybridized carbons (Fsp3) is 0.440. The van der Waals surface area contributed by atoms with Gasteiger partial charge in [-0.25, -0.2) is 0 Å². The molecule has 1 fully saturated rings. The Morgan fingerprint density at radius 2 is 2.00 bits per heavy atom. The molecule has 0 spiro atoms. The third kappa shape index (κ3) is 3.94. The lowest BCUT2D eigenvalue weighted by Crippen LogP contribution is -2.42. The Balaban J connectivity index is 1.86. The Labute approximate surface area is 196 Å². The average molecular weight is 455 g/mol. The molecule has 0 aliphatic carbocycles. The van der Waals surface area contributed by atoms with E-state index in [9.17, 15) is 0 Å². The van der Waals surface area contributed by atoms with E-state index in [1.807, 2.05) is 18.3 Å². The number of anilines is 1. The summed E-state index contributed by atoms with van der Waals surface area (Å²) in [7, 11) is 2.13. The van der Waals surface area contributed by atoms with Crippen molar-refractivity contribution in [2.45, 2.75) is 52.2 Å². The van der Waals surface area contributed by atoms with Gasteiger partial charge in [0.2, 0.25) is 0 Å². The first-order chi connectivity index (χ1) is 14.6. The SMILES string of the molecule is CC1=CC(C)(C)N(C)c2cc(Cl)c([C@H]3[C@@H](c4ccccn4)NC(=S)N3CC(C)C)cc21. The summed E-state index contributed by atoms with van der Waals surface area (Å²) >= 11 is 12.8. The van der Waals surface area contributed by atoms with E-state index in [4.69, 9.17) is 23.8 Å². The van der Waals surface area contributed by atoms with Crippen LogP contribution in [0.15, 0.2) is 42.6 Å². The smallest absolute Gasteiger partial charge is 0.170 e. The second kappa shape index (κ2) is 8.10. The van der Waals surface area contributed by atoms with Crippen molar-refractivity contribution < 1.29 is 0 Å². The summed E-state index contributed by atoms with van der Waals surface area (Å²) in [6.45, 7) is 11.9. The summed E-state index contributed by atoms with van der Waals surface area (Å²) in [5, 5.41) is 5.05. The Morgan fingerprint density at radius 3 is 2.65 bits per heavy atom. The number of rotatable bonds is 4. The van der Waals surface area contributed by atoms with Gasteiger partial charge >= 0.3 is 0 Å². The molecule has 6 heteroatoms. The zero-order chi connectivity index (χ0) is 22.5. The van der Waals surface area contributed by atoms with Crippen LogP contribution in [0.5, 0.6) is 0 Å². The van der Waals surface area contributed by atoms with E-state index in [0.717, 1.165) is 33.6 Å². The molecule has 2 aliphatic heterocycles. The topological polar surface area (TPSA) is 31.4 Å². The van der Waals surface area contributed by atoms with Crippen molar-refractivity contribution in [1.29, 1.82) is 0 Å². The van der Waals surface area contributed by atoms with Crippen LogP contribution in [0.3, 0.4) is 0 Å². The minimum absolute atomic E-state index is 0.0179. The quantitative estimate of drug-likeness (QED) is 0.573. The van der Waals surface area contributed by atoms with Gasteiger partial charge in [0.25, 0.3) is 0 Å². The number of allylic oxidation sites excluding steroid dienone is 1. The summed E-state index contributed by atoms with van der Waals surface area (Å²) in [5.74, 6) is 0.467. The van der Waals surface area contributed by atoms with E-state index in [1.54, 1.807) is 0 Å². The van der Waals surface area contributed by atoms with E-state index < -0.39 is 0 Å². The third-order valence-electron chi connectivity index (χ3n) is 6.41. The van der Waals surface area contributed by atoms with Crippen LogP contribution < -0.4 is 10.2 Å². The standard InChI is InChI=1S/C25H31ClN4S/c1-15(2)14-30-23(22(28-24(30)31)20-9-7-8-10-27-20)18-11-17-16(3)13-25(4,5)29(6)21(17)12-19(18)26/h7-13,15,22-23H,14H2,1-6H3,(H,28,31)/t22-,23+/m1/s1. The van der Waals surface area contributed by atoms with E-state index in [-0.39, 0.29) is 17.6 Å². The minimum Gasteiger partial charge on any atom is -0.365 e. The maximum atomic E-state index is 6.99. The maximum absolute atomic E-state index is 6.99. The molecule has 3 heterocycles. The van der Waals surface area contributed by atoms with Crippen LogP contribution in [0.1, 0.15) is 63.5 Å². The second-order valence-corrected chi connectivity index (χ2v) is 10.4. The lowest BCUT2D eigenvalue weighted by molar-refractivity contribution is 0.288. The van der Waals surface area contributed by atoms with Crippen molar-refractivity contribution in [3.8, 4) is 0 Å². The van der Waals surface area contributed by atoms with Gasteiger partial charge < -0.3 is 15.1 Å². The van der Waals surface area contributed by atoms with Crippen LogP contribution in [-0.2, 0) is 0 Å². The Hall–Kier alpha value is -2.11. The van der Waals surface area contributed by atoms with Gasteiger partial charge in [-0.3, -0.25) is 4.98 Å². The van der Waals surface area contributed by atoms with Crippen molar-refractivity contribution in [2.24, 2.45) is 5.92 Å². The average Bonchev–Trinajstić information content (AvgIpc) is 3.02. The molecule has 0 unspecified atom stereocenters. The highest BCUT2D eigenvalue weighted by Gasteiger charge is 2.41. The number of pyridine rings is 1. The van der Waals surface area contributed by atoms with Gasteiger partial charge in [-0.15, -0.1) is 0 Å².